The minimum absolute atomic E-state index is 0.465. The van der Waals surface area contributed by atoms with E-state index in [1.807, 2.05) is 0 Å². The van der Waals surface area contributed by atoms with E-state index < -0.39 is 0 Å². The third-order valence-electron chi connectivity index (χ3n) is 6.56. The van der Waals surface area contributed by atoms with Crippen LogP contribution in [0.5, 0.6) is 0 Å². The highest BCUT2D eigenvalue weighted by atomic mass is 15.3. The summed E-state index contributed by atoms with van der Waals surface area (Å²) < 4.78 is 0. The van der Waals surface area contributed by atoms with E-state index in [9.17, 15) is 0 Å². The van der Waals surface area contributed by atoms with Gasteiger partial charge in [-0.15, -0.1) is 0 Å². The second kappa shape index (κ2) is 6.41. The van der Waals surface area contributed by atoms with E-state index in [1.54, 1.807) is 0 Å². The van der Waals surface area contributed by atoms with Crippen LogP contribution < -0.4 is 0 Å². The summed E-state index contributed by atoms with van der Waals surface area (Å²) in [6.45, 7) is 16.4. The minimum Gasteiger partial charge on any atom is -0.304 e. The van der Waals surface area contributed by atoms with Crippen LogP contribution >= 0.6 is 0 Å². The van der Waals surface area contributed by atoms with Crippen molar-refractivity contribution in [2.75, 3.05) is 52.9 Å². The molecule has 0 aromatic heterocycles. The lowest BCUT2D eigenvalue weighted by Gasteiger charge is -2.50. The molecule has 2 aliphatic heterocycles. The van der Waals surface area contributed by atoms with Crippen LogP contribution in [-0.4, -0.2) is 73.1 Å². The molecule has 3 heteroatoms. The van der Waals surface area contributed by atoms with Crippen molar-refractivity contribution in [1.29, 1.82) is 0 Å². The number of rotatable bonds is 5. The first-order chi connectivity index (χ1) is 10.4. The summed E-state index contributed by atoms with van der Waals surface area (Å²) in [5.74, 6) is 0.864. The summed E-state index contributed by atoms with van der Waals surface area (Å²) >= 11 is 0. The highest BCUT2D eigenvalue weighted by molar-refractivity contribution is 4.99. The average molecular weight is 308 g/mol. The van der Waals surface area contributed by atoms with E-state index in [2.05, 4.69) is 42.5 Å². The van der Waals surface area contributed by atoms with Crippen LogP contribution in [0.25, 0.3) is 0 Å². The molecule has 1 saturated carbocycles. The maximum Gasteiger partial charge on any atom is 0.0206 e. The zero-order chi connectivity index (χ0) is 15.8. The van der Waals surface area contributed by atoms with E-state index in [0.717, 1.165) is 5.92 Å². The molecule has 3 rings (SSSR count). The molecule has 0 amide bonds. The Labute approximate surface area is 138 Å². The van der Waals surface area contributed by atoms with Gasteiger partial charge in [-0.25, -0.2) is 0 Å². The monoisotopic (exact) mass is 307 g/mol. The Bertz CT molecular complexity index is 359. The van der Waals surface area contributed by atoms with Gasteiger partial charge in [-0.05, 0) is 70.5 Å². The van der Waals surface area contributed by atoms with Gasteiger partial charge >= 0.3 is 0 Å². The standard InChI is InChI=1S/C19H37N3/c1-17(2)15-19(5-6-19)16-21-9-7-18(3,8-10-21)22-13-11-20(4)12-14-22/h17H,5-16H2,1-4H3. The highest BCUT2D eigenvalue weighted by Crippen LogP contribution is 2.51. The molecule has 3 nitrogen and oxygen atoms in total. The van der Waals surface area contributed by atoms with Crippen LogP contribution in [0.2, 0.25) is 0 Å². The van der Waals surface area contributed by atoms with Crippen molar-refractivity contribution in [3.8, 4) is 0 Å². The number of hydrogen-bond donors (Lipinski definition) is 0. The normalized spacial score (nSPS) is 29.9. The minimum atomic E-state index is 0.465. The molecule has 0 bridgehead atoms. The molecular weight excluding hydrogens is 270 g/mol. The summed E-state index contributed by atoms with van der Waals surface area (Å²) in [5.41, 5.74) is 1.17. The van der Waals surface area contributed by atoms with E-state index in [0.29, 0.717) is 11.0 Å². The first-order valence-corrected chi connectivity index (χ1v) is 9.57. The largest absolute Gasteiger partial charge is 0.304 e. The van der Waals surface area contributed by atoms with Gasteiger partial charge in [0, 0.05) is 38.3 Å². The Kier molecular flexibility index (Phi) is 4.87. The van der Waals surface area contributed by atoms with Crippen LogP contribution in [0.4, 0.5) is 0 Å². The lowest BCUT2D eigenvalue weighted by molar-refractivity contribution is 0.000563. The van der Waals surface area contributed by atoms with Gasteiger partial charge in [0.25, 0.3) is 0 Å². The predicted molar refractivity (Wildman–Crippen MR) is 94.3 cm³/mol. The van der Waals surface area contributed by atoms with Crippen molar-refractivity contribution in [2.45, 2.75) is 58.4 Å². The SMILES string of the molecule is CC(C)CC1(CN2CCC(C)(N3CCN(C)CC3)CC2)CC1. The van der Waals surface area contributed by atoms with Crippen LogP contribution in [0.1, 0.15) is 52.9 Å². The Morgan fingerprint density at radius 1 is 0.864 bits per heavy atom. The molecule has 0 radical (unpaired) electrons. The molecule has 2 heterocycles. The van der Waals surface area contributed by atoms with E-state index >= 15 is 0 Å². The fraction of sp³-hybridized carbons (Fsp3) is 1.00. The van der Waals surface area contributed by atoms with Crippen molar-refractivity contribution in [2.24, 2.45) is 11.3 Å². The number of piperazine rings is 1. The molecule has 3 fully saturated rings. The maximum atomic E-state index is 2.78. The Hall–Kier alpha value is -0.120. The van der Waals surface area contributed by atoms with Crippen molar-refractivity contribution in [3.05, 3.63) is 0 Å². The number of hydrogen-bond acceptors (Lipinski definition) is 3. The Balaban J connectivity index is 1.48. The first-order valence-electron chi connectivity index (χ1n) is 9.57. The second-order valence-corrected chi connectivity index (χ2v) is 9.16. The molecule has 0 atom stereocenters. The summed E-state index contributed by atoms with van der Waals surface area (Å²) in [6, 6.07) is 0. The van der Waals surface area contributed by atoms with E-state index in [1.165, 1.54) is 77.9 Å². The fourth-order valence-corrected chi connectivity index (χ4v) is 4.80. The summed E-state index contributed by atoms with van der Waals surface area (Å²) in [5, 5.41) is 0. The molecule has 2 saturated heterocycles. The smallest absolute Gasteiger partial charge is 0.0206 e. The molecular formula is C19H37N3. The second-order valence-electron chi connectivity index (χ2n) is 9.16. The van der Waals surface area contributed by atoms with Crippen molar-refractivity contribution < 1.29 is 0 Å². The number of nitrogens with zero attached hydrogens (tertiary/aromatic N) is 3. The van der Waals surface area contributed by atoms with Gasteiger partial charge in [0.05, 0.1) is 0 Å². The van der Waals surface area contributed by atoms with Crippen LogP contribution in [-0.2, 0) is 0 Å². The zero-order valence-corrected chi connectivity index (χ0v) is 15.4. The third-order valence-corrected chi connectivity index (χ3v) is 6.56. The van der Waals surface area contributed by atoms with Crippen LogP contribution in [0, 0.1) is 11.3 Å². The number of likely N-dealkylation sites (N-methyl/N-ethyl adjacent to an activating group) is 1. The number of piperidine rings is 1. The molecule has 22 heavy (non-hydrogen) atoms. The molecule has 0 N–H and O–H groups in total. The molecule has 3 aliphatic rings. The summed E-state index contributed by atoms with van der Waals surface area (Å²) in [4.78, 5) is 8.04. The molecule has 0 aromatic carbocycles. The summed E-state index contributed by atoms with van der Waals surface area (Å²) in [6.07, 6.45) is 7.15. The van der Waals surface area contributed by atoms with Crippen molar-refractivity contribution >= 4 is 0 Å². The van der Waals surface area contributed by atoms with Gasteiger partial charge in [0.15, 0.2) is 0 Å². The first kappa shape index (κ1) is 16.7. The summed E-state index contributed by atoms with van der Waals surface area (Å²) in [7, 11) is 2.26. The highest BCUT2D eigenvalue weighted by Gasteiger charge is 2.45. The Morgan fingerprint density at radius 3 is 1.95 bits per heavy atom. The molecule has 0 aromatic rings. The van der Waals surface area contributed by atoms with Crippen molar-refractivity contribution in [1.82, 2.24) is 14.7 Å². The van der Waals surface area contributed by atoms with E-state index in [-0.39, 0.29) is 0 Å². The van der Waals surface area contributed by atoms with E-state index in [4.69, 9.17) is 0 Å². The van der Waals surface area contributed by atoms with Crippen molar-refractivity contribution in [3.63, 3.8) is 0 Å². The molecule has 1 aliphatic carbocycles. The van der Waals surface area contributed by atoms with Gasteiger partial charge < -0.3 is 9.80 Å². The van der Waals surface area contributed by atoms with Gasteiger partial charge in [0.1, 0.15) is 0 Å². The molecule has 0 spiro atoms. The average Bonchev–Trinajstić information content (AvgIpc) is 3.21. The topological polar surface area (TPSA) is 9.72 Å². The van der Waals surface area contributed by atoms with Gasteiger partial charge in [0.2, 0.25) is 0 Å². The van der Waals surface area contributed by atoms with Gasteiger partial charge in [-0.2, -0.15) is 0 Å². The lowest BCUT2D eigenvalue weighted by atomic mass is 9.85. The predicted octanol–water partition coefficient (Wildman–Crippen LogP) is 2.91. The molecule has 0 unspecified atom stereocenters. The van der Waals surface area contributed by atoms with Crippen LogP contribution in [0.3, 0.4) is 0 Å². The van der Waals surface area contributed by atoms with Crippen LogP contribution in [0.15, 0.2) is 0 Å². The molecule has 128 valence electrons. The Morgan fingerprint density at radius 2 is 1.45 bits per heavy atom. The fourth-order valence-electron chi connectivity index (χ4n) is 4.80. The quantitative estimate of drug-likeness (QED) is 0.773. The zero-order valence-electron chi connectivity index (χ0n) is 15.4. The van der Waals surface area contributed by atoms with Gasteiger partial charge in [-0.3, -0.25) is 4.90 Å². The third kappa shape index (κ3) is 3.85. The van der Waals surface area contributed by atoms with Gasteiger partial charge in [-0.1, -0.05) is 13.8 Å². The maximum absolute atomic E-state index is 2.78. The number of likely N-dealkylation sites (tertiary alicyclic amines) is 1. The lowest BCUT2D eigenvalue weighted by Crippen LogP contribution is -2.59.